The first kappa shape index (κ1) is 24.9. The van der Waals surface area contributed by atoms with Crippen LogP contribution in [0.4, 0.5) is 5.88 Å². The molecule has 0 radical (unpaired) electrons. The van der Waals surface area contributed by atoms with E-state index in [0.717, 1.165) is 16.7 Å². The van der Waals surface area contributed by atoms with Crippen molar-refractivity contribution >= 4 is 50.2 Å². The zero-order valence-corrected chi connectivity index (χ0v) is 22.4. The van der Waals surface area contributed by atoms with Crippen LogP contribution in [0.5, 0.6) is 11.5 Å². The molecule has 3 heterocycles. The number of nitrogens with zero attached hydrogens (tertiary/aromatic N) is 2. The van der Waals surface area contributed by atoms with Crippen molar-refractivity contribution in [2.24, 2.45) is 0 Å². The maximum atomic E-state index is 13.0. The standard InChI is InChI=1S/C20H18ClN2O6S2.Na/c1-10-7-14-15(28-9-27-14)8-13(10)11(2)18(26-4)19-16(5-6-30-19)31(24,25)23-20-17(21)12(3)22-29-20;/h5-8H,9H2,1-4H3;/q-1;+1/b18-11-;. The van der Waals surface area contributed by atoms with Gasteiger partial charge in [0.2, 0.25) is 6.79 Å². The van der Waals surface area contributed by atoms with Gasteiger partial charge in [-0.3, -0.25) is 0 Å². The quantitative estimate of drug-likeness (QED) is 0.375. The fraction of sp³-hybridized carbons (Fsp3) is 0.250. The number of hydrogen-bond acceptors (Lipinski definition) is 8. The number of rotatable bonds is 6. The summed E-state index contributed by atoms with van der Waals surface area (Å²) < 4.78 is 51.3. The van der Waals surface area contributed by atoms with Crippen LogP contribution >= 0.6 is 22.9 Å². The Labute approximate surface area is 216 Å². The van der Waals surface area contributed by atoms with Crippen LogP contribution in [0.3, 0.4) is 0 Å². The molecule has 1 aliphatic heterocycles. The first-order valence-electron chi connectivity index (χ1n) is 9.06. The Morgan fingerprint density at radius 3 is 2.56 bits per heavy atom. The van der Waals surface area contributed by atoms with Crippen molar-refractivity contribution in [3.05, 3.63) is 55.0 Å². The van der Waals surface area contributed by atoms with E-state index in [2.05, 4.69) is 9.88 Å². The minimum absolute atomic E-state index is 0. The molecule has 0 N–H and O–H groups in total. The number of hydrogen-bond donors (Lipinski definition) is 0. The zero-order valence-electron chi connectivity index (χ0n) is 18.1. The number of sulfonamides is 1. The smallest absolute Gasteiger partial charge is 0.538 e. The van der Waals surface area contributed by atoms with Crippen molar-refractivity contribution in [2.75, 3.05) is 13.9 Å². The fourth-order valence-corrected chi connectivity index (χ4v) is 5.80. The van der Waals surface area contributed by atoms with Gasteiger partial charge >= 0.3 is 29.6 Å². The van der Waals surface area contributed by atoms with Gasteiger partial charge in [0.15, 0.2) is 11.5 Å². The molecule has 0 bridgehead atoms. The van der Waals surface area contributed by atoms with Crippen LogP contribution in [0.2, 0.25) is 5.02 Å². The molecule has 3 aromatic rings. The average molecular weight is 505 g/mol. The number of halogens is 1. The van der Waals surface area contributed by atoms with Crippen LogP contribution in [0.1, 0.15) is 28.6 Å². The van der Waals surface area contributed by atoms with Gasteiger partial charge in [-0.05, 0) is 55.5 Å². The summed E-state index contributed by atoms with van der Waals surface area (Å²) in [5, 5.41) is 5.35. The Kier molecular flexibility index (Phi) is 7.53. The molecular weight excluding hydrogens is 487 g/mol. The molecule has 0 amide bonds. The number of methoxy groups -OCH3 is 1. The molecule has 0 spiro atoms. The Hall–Kier alpha value is -1.69. The van der Waals surface area contributed by atoms with Gasteiger partial charge in [-0.1, -0.05) is 16.8 Å². The van der Waals surface area contributed by atoms with Gasteiger partial charge in [-0.25, -0.2) is 8.42 Å². The monoisotopic (exact) mass is 504 g/mol. The maximum Gasteiger partial charge on any atom is 1.00 e. The molecule has 12 heteroatoms. The summed E-state index contributed by atoms with van der Waals surface area (Å²) in [5.74, 6) is 1.44. The summed E-state index contributed by atoms with van der Waals surface area (Å²) in [4.78, 5) is 0.394. The molecular formula is C20H18ClN2NaO6S2. The molecule has 0 saturated carbocycles. The Morgan fingerprint density at radius 2 is 1.94 bits per heavy atom. The van der Waals surface area contributed by atoms with Crippen molar-refractivity contribution in [3.63, 3.8) is 0 Å². The van der Waals surface area contributed by atoms with Gasteiger partial charge in [0, 0.05) is 5.57 Å². The first-order valence-corrected chi connectivity index (χ1v) is 11.8. The van der Waals surface area contributed by atoms with Crippen molar-refractivity contribution in [1.82, 2.24) is 5.16 Å². The van der Waals surface area contributed by atoms with Gasteiger partial charge in [-0.15, -0.1) is 11.3 Å². The molecule has 0 fully saturated rings. The van der Waals surface area contributed by atoms with Crippen molar-refractivity contribution in [3.8, 4) is 11.5 Å². The third-order valence-electron chi connectivity index (χ3n) is 4.76. The zero-order chi connectivity index (χ0) is 22.3. The SMILES string of the molecule is CO/C(=C(/C)c1cc2c(cc1C)OCO2)c1sccc1S(=O)(=O)[N-]c1onc(C)c1Cl.[Na+]. The normalized spacial score (nSPS) is 13.4. The molecule has 1 aliphatic rings. The minimum atomic E-state index is -4.14. The topological polar surface area (TPSA) is 102 Å². The molecule has 32 heavy (non-hydrogen) atoms. The largest absolute Gasteiger partial charge is 1.00 e. The van der Waals surface area contributed by atoms with Crippen LogP contribution in [-0.2, 0) is 14.8 Å². The van der Waals surface area contributed by atoms with Crippen molar-refractivity contribution in [1.29, 1.82) is 0 Å². The van der Waals surface area contributed by atoms with Crippen LogP contribution < -0.4 is 39.0 Å². The van der Waals surface area contributed by atoms with E-state index >= 15 is 0 Å². The summed E-state index contributed by atoms with van der Waals surface area (Å²) in [6.45, 7) is 5.55. The van der Waals surface area contributed by atoms with E-state index in [1.165, 1.54) is 24.5 Å². The molecule has 164 valence electrons. The maximum absolute atomic E-state index is 13.0. The van der Waals surface area contributed by atoms with E-state index in [4.69, 9.17) is 30.3 Å². The van der Waals surface area contributed by atoms with Crippen LogP contribution in [0.15, 0.2) is 33.0 Å². The Bertz CT molecular complexity index is 1300. The van der Waals surface area contributed by atoms with Gasteiger partial charge in [-0.2, -0.15) is 0 Å². The number of allylic oxidation sites excluding steroid dienone is 1. The first-order chi connectivity index (χ1) is 14.7. The predicted molar refractivity (Wildman–Crippen MR) is 118 cm³/mol. The van der Waals surface area contributed by atoms with E-state index in [1.807, 2.05) is 26.0 Å². The summed E-state index contributed by atoms with van der Waals surface area (Å²) in [6, 6.07) is 5.20. The molecule has 0 unspecified atom stereocenters. The minimum Gasteiger partial charge on any atom is -0.538 e. The third kappa shape index (κ3) is 4.52. The van der Waals surface area contributed by atoms with Gasteiger partial charge in [0.1, 0.15) is 15.8 Å². The second-order valence-electron chi connectivity index (χ2n) is 6.75. The molecule has 0 saturated heterocycles. The van der Waals surface area contributed by atoms with E-state index < -0.39 is 10.0 Å². The Morgan fingerprint density at radius 1 is 1.25 bits per heavy atom. The van der Waals surface area contributed by atoms with E-state index in [-0.39, 0.29) is 52.2 Å². The van der Waals surface area contributed by atoms with Crippen LogP contribution in [0.25, 0.3) is 16.1 Å². The molecule has 2 aromatic heterocycles. The number of benzene rings is 1. The van der Waals surface area contributed by atoms with Crippen LogP contribution in [0, 0.1) is 13.8 Å². The number of aryl methyl sites for hydroxylation is 2. The fourth-order valence-electron chi connectivity index (χ4n) is 3.21. The van der Waals surface area contributed by atoms with Crippen molar-refractivity contribution in [2.45, 2.75) is 25.7 Å². The van der Waals surface area contributed by atoms with Gasteiger partial charge < -0.3 is 23.5 Å². The van der Waals surface area contributed by atoms with E-state index in [9.17, 15) is 8.42 Å². The Balaban J connectivity index is 0.00000289. The summed E-state index contributed by atoms with van der Waals surface area (Å²) >= 11 is 7.26. The molecule has 1 aromatic carbocycles. The van der Waals surface area contributed by atoms with E-state index in [1.54, 1.807) is 12.3 Å². The number of fused-ring (bicyclic) bond motifs is 1. The molecule has 0 aliphatic carbocycles. The molecule has 4 rings (SSSR count). The number of aromatic nitrogens is 1. The van der Waals surface area contributed by atoms with Crippen molar-refractivity contribution < 1.29 is 56.7 Å². The van der Waals surface area contributed by atoms with Crippen LogP contribution in [-0.4, -0.2) is 27.5 Å². The molecule has 8 nitrogen and oxygen atoms in total. The number of thiophene rings is 1. The predicted octanol–water partition coefficient (Wildman–Crippen LogP) is 2.67. The second kappa shape index (κ2) is 9.66. The van der Waals surface area contributed by atoms with Gasteiger partial charge in [0.25, 0.3) is 0 Å². The summed E-state index contributed by atoms with van der Waals surface area (Å²) in [5.41, 5.74) is 2.88. The average Bonchev–Trinajstić information content (AvgIpc) is 3.45. The third-order valence-corrected chi connectivity index (χ3v) is 7.54. The molecule has 0 atom stereocenters. The second-order valence-corrected chi connectivity index (χ2v) is 9.61. The van der Waals surface area contributed by atoms with Gasteiger partial charge in [0.05, 0.1) is 33.5 Å². The van der Waals surface area contributed by atoms with E-state index in [0.29, 0.717) is 27.8 Å². The summed E-state index contributed by atoms with van der Waals surface area (Å²) in [7, 11) is -2.65. The number of ether oxygens (including phenoxy) is 3. The summed E-state index contributed by atoms with van der Waals surface area (Å²) in [6.07, 6.45) is 0.